The fourth-order valence-electron chi connectivity index (χ4n) is 3.54. The molecule has 2 aromatic rings. The Morgan fingerprint density at radius 2 is 1.55 bits per heavy atom. The highest BCUT2D eigenvalue weighted by Gasteiger charge is 2.53. The summed E-state index contributed by atoms with van der Waals surface area (Å²) in [7, 11) is -4.56. The first-order valence-corrected chi connectivity index (χ1v) is 11.1. The van der Waals surface area contributed by atoms with Crippen molar-refractivity contribution in [3.05, 3.63) is 36.4 Å². The summed E-state index contributed by atoms with van der Waals surface area (Å²) in [6.45, 7) is 7.88. The molecule has 0 spiro atoms. The Balaban J connectivity index is 1.79. The van der Waals surface area contributed by atoms with E-state index in [1.807, 2.05) is 39.8 Å². The second-order valence-electron chi connectivity index (χ2n) is 8.84. The fourth-order valence-corrected chi connectivity index (χ4v) is 5.18. The lowest BCUT2D eigenvalue weighted by molar-refractivity contribution is -0.120. The van der Waals surface area contributed by atoms with E-state index in [0.717, 1.165) is 10.8 Å². The molecule has 1 saturated carbocycles. The average Bonchev–Trinajstić information content (AvgIpc) is 3.35. The van der Waals surface area contributed by atoms with Crippen LogP contribution in [0.3, 0.4) is 0 Å². The van der Waals surface area contributed by atoms with Gasteiger partial charge < -0.3 is 15.0 Å². The number of rotatable bonds is 5. The van der Waals surface area contributed by atoms with Crippen LogP contribution in [0, 0.1) is 0 Å². The number of nitrogens with one attached hydrogen (secondary N) is 1. The zero-order valence-corrected chi connectivity index (χ0v) is 17.8. The van der Waals surface area contributed by atoms with Gasteiger partial charge in [0.15, 0.2) is 0 Å². The van der Waals surface area contributed by atoms with Crippen molar-refractivity contribution in [3.8, 4) is 0 Å². The normalized spacial score (nSPS) is 22.0. The van der Waals surface area contributed by atoms with Gasteiger partial charge in [0.25, 0.3) is 0 Å². The standard InChI is InChI=1S/C20H25BN2O5S/c1-18(2)19(3,4)28-21(27-18)15-9-10-16(14-8-6-5-7-13(14)15)29(25,26)23-20(11-12-20)17(22)24/h5-10,23H,11-12H2,1-4H3,(H2,22,24). The van der Waals surface area contributed by atoms with Crippen LogP contribution in [-0.2, 0) is 24.1 Å². The molecule has 0 bridgehead atoms. The third-order valence-corrected chi connectivity index (χ3v) is 7.86. The van der Waals surface area contributed by atoms with E-state index >= 15 is 0 Å². The quantitative estimate of drug-likeness (QED) is 0.718. The summed E-state index contributed by atoms with van der Waals surface area (Å²) >= 11 is 0. The van der Waals surface area contributed by atoms with Crippen LogP contribution in [-0.4, -0.2) is 38.2 Å². The first-order valence-electron chi connectivity index (χ1n) is 9.60. The average molecular weight is 416 g/mol. The van der Waals surface area contributed by atoms with Gasteiger partial charge in [0.1, 0.15) is 5.54 Å². The zero-order valence-electron chi connectivity index (χ0n) is 17.0. The number of amides is 1. The zero-order chi connectivity index (χ0) is 21.2. The molecule has 1 heterocycles. The maximum Gasteiger partial charge on any atom is 0.495 e. The number of carbonyl (C=O) groups is 1. The Morgan fingerprint density at radius 3 is 2.07 bits per heavy atom. The van der Waals surface area contributed by atoms with E-state index in [0.29, 0.717) is 18.2 Å². The van der Waals surface area contributed by atoms with Crippen molar-refractivity contribution in [1.82, 2.24) is 4.72 Å². The molecular formula is C20H25BN2O5S. The Morgan fingerprint density at radius 1 is 1.00 bits per heavy atom. The topological polar surface area (TPSA) is 108 Å². The van der Waals surface area contributed by atoms with E-state index in [9.17, 15) is 13.2 Å². The van der Waals surface area contributed by atoms with Gasteiger partial charge in [-0.3, -0.25) is 4.79 Å². The van der Waals surface area contributed by atoms with E-state index in [1.54, 1.807) is 18.2 Å². The molecule has 2 aromatic carbocycles. The van der Waals surface area contributed by atoms with Gasteiger partial charge in [-0.1, -0.05) is 30.3 Å². The maximum absolute atomic E-state index is 13.1. The highest BCUT2D eigenvalue weighted by molar-refractivity contribution is 7.89. The molecule has 0 atom stereocenters. The molecule has 0 radical (unpaired) electrons. The summed E-state index contributed by atoms with van der Waals surface area (Å²) in [5.74, 6) is -0.654. The first kappa shape index (κ1) is 20.3. The molecule has 4 rings (SSSR count). The van der Waals surface area contributed by atoms with E-state index in [4.69, 9.17) is 15.0 Å². The minimum Gasteiger partial charge on any atom is -0.399 e. The van der Waals surface area contributed by atoms with Crippen molar-refractivity contribution in [2.75, 3.05) is 0 Å². The lowest BCUT2D eigenvalue weighted by Gasteiger charge is -2.32. The van der Waals surface area contributed by atoms with E-state index < -0.39 is 39.8 Å². The van der Waals surface area contributed by atoms with Gasteiger partial charge in [-0.2, -0.15) is 4.72 Å². The van der Waals surface area contributed by atoms with Gasteiger partial charge in [-0.25, -0.2) is 8.42 Å². The molecule has 1 saturated heterocycles. The number of primary amides is 1. The third-order valence-electron chi connectivity index (χ3n) is 6.27. The molecule has 1 amide bonds. The Labute approximate surface area is 171 Å². The predicted octanol–water partition coefficient (Wildman–Crippen LogP) is 1.44. The smallest absolute Gasteiger partial charge is 0.399 e. The maximum atomic E-state index is 13.1. The Hall–Kier alpha value is -1.94. The molecule has 29 heavy (non-hydrogen) atoms. The fraction of sp³-hybridized carbons (Fsp3) is 0.450. The number of sulfonamides is 1. The highest BCUT2D eigenvalue weighted by Crippen LogP contribution is 2.39. The SMILES string of the molecule is CC1(C)OB(c2ccc(S(=O)(=O)NC3(C(N)=O)CC3)c3ccccc23)OC1(C)C. The van der Waals surface area contributed by atoms with Crippen LogP contribution >= 0.6 is 0 Å². The summed E-state index contributed by atoms with van der Waals surface area (Å²) in [5, 5.41) is 1.25. The summed E-state index contributed by atoms with van der Waals surface area (Å²) < 4.78 is 40.9. The van der Waals surface area contributed by atoms with Crippen molar-refractivity contribution in [1.29, 1.82) is 0 Å². The molecule has 0 unspecified atom stereocenters. The van der Waals surface area contributed by atoms with Gasteiger partial charge in [-0.05, 0) is 57.5 Å². The van der Waals surface area contributed by atoms with Crippen LogP contribution in [0.15, 0.2) is 41.3 Å². The van der Waals surface area contributed by atoms with Crippen molar-refractivity contribution in [3.63, 3.8) is 0 Å². The first-order chi connectivity index (χ1) is 13.4. The molecule has 2 fully saturated rings. The van der Waals surface area contributed by atoms with Crippen LogP contribution in [0.2, 0.25) is 0 Å². The lowest BCUT2D eigenvalue weighted by atomic mass is 9.76. The van der Waals surface area contributed by atoms with E-state index in [-0.39, 0.29) is 4.90 Å². The lowest BCUT2D eigenvalue weighted by Crippen LogP contribution is -2.46. The molecule has 1 aliphatic carbocycles. The summed E-state index contributed by atoms with van der Waals surface area (Å²) in [6, 6.07) is 10.4. The van der Waals surface area contributed by atoms with E-state index in [2.05, 4.69) is 4.72 Å². The van der Waals surface area contributed by atoms with Crippen molar-refractivity contribution in [2.24, 2.45) is 5.73 Å². The molecular weight excluding hydrogens is 391 g/mol. The van der Waals surface area contributed by atoms with Crippen LogP contribution < -0.4 is 15.9 Å². The largest absolute Gasteiger partial charge is 0.495 e. The van der Waals surface area contributed by atoms with Crippen LogP contribution in [0.4, 0.5) is 0 Å². The number of carbonyl (C=O) groups excluding carboxylic acids is 1. The molecule has 0 aromatic heterocycles. The predicted molar refractivity (Wildman–Crippen MR) is 111 cm³/mol. The summed E-state index contributed by atoms with van der Waals surface area (Å²) in [6.07, 6.45) is 0.816. The van der Waals surface area contributed by atoms with Crippen LogP contribution in [0.1, 0.15) is 40.5 Å². The highest BCUT2D eigenvalue weighted by atomic mass is 32.2. The van der Waals surface area contributed by atoms with Gasteiger partial charge in [0.05, 0.1) is 16.1 Å². The molecule has 1 aliphatic heterocycles. The van der Waals surface area contributed by atoms with Crippen molar-refractivity contribution in [2.45, 2.75) is 62.2 Å². The van der Waals surface area contributed by atoms with E-state index in [1.165, 1.54) is 6.07 Å². The monoisotopic (exact) mass is 416 g/mol. The minimum absolute atomic E-state index is 0.0980. The molecule has 7 nitrogen and oxygen atoms in total. The Bertz CT molecular complexity index is 1090. The molecule has 3 N–H and O–H groups in total. The van der Waals surface area contributed by atoms with Gasteiger partial charge in [0, 0.05) is 5.39 Å². The Kier molecular flexibility index (Phi) is 4.41. The summed E-state index contributed by atoms with van der Waals surface area (Å²) in [4.78, 5) is 11.8. The molecule has 154 valence electrons. The van der Waals surface area contributed by atoms with Gasteiger partial charge >= 0.3 is 7.12 Å². The second kappa shape index (κ2) is 6.28. The number of benzene rings is 2. The number of hydrogen-bond donors (Lipinski definition) is 2. The van der Waals surface area contributed by atoms with Crippen LogP contribution in [0.5, 0.6) is 0 Å². The minimum atomic E-state index is -3.95. The van der Waals surface area contributed by atoms with Crippen molar-refractivity contribution < 1.29 is 22.5 Å². The number of fused-ring (bicyclic) bond motifs is 1. The number of nitrogens with two attached hydrogens (primary N) is 1. The third kappa shape index (κ3) is 3.26. The summed E-state index contributed by atoms with van der Waals surface area (Å²) in [5.41, 5.74) is 3.95. The molecule has 2 aliphatic rings. The van der Waals surface area contributed by atoms with Gasteiger partial charge in [-0.15, -0.1) is 0 Å². The molecule has 9 heteroatoms. The van der Waals surface area contributed by atoms with Crippen molar-refractivity contribution >= 4 is 39.3 Å². The number of hydrogen-bond acceptors (Lipinski definition) is 5. The van der Waals surface area contributed by atoms with Crippen LogP contribution in [0.25, 0.3) is 10.8 Å². The van der Waals surface area contributed by atoms with Gasteiger partial charge in [0.2, 0.25) is 15.9 Å². The second-order valence-corrected chi connectivity index (χ2v) is 10.5.